The van der Waals surface area contributed by atoms with Gasteiger partial charge in [0.15, 0.2) is 0 Å². The van der Waals surface area contributed by atoms with Gasteiger partial charge in [-0.2, -0.15) is 0 Å². The highest BCUT2D eigenvalue weighted by molar-refractivity contribution is 6.17. The maximum atomic E-state index is 12.5. The third-order valence-corrected chi connectivity index (χ3v) is 3.09. The highest BCUT2D eigenvalue weighted by atomic mass is 16.6. The molecule has 0 bridgehead atoms. The van der Waals surface area contributed by atoms with Crippen LogP contribution in [-0.4, -0.2) is 26.9 Å². The maximum Gasteiger partial charge on any atom is 0.336 e. The van der Waals surface area contributed by atoms with Crippen LogP contribution in [0.15, 0.2) is 36.4 Å². The van der Waals surface area contributed by atoms with Gasteiger partial charge < -0.3 is 10.2 Å². The first kappa shape index (κ1) is 15.2. The molecule has 7 nitrogen and oxygen atoms in total. The molecule has 0 atom stereocenters. The van der Waals surface area contributed by atoms with Gasteiger partial charge in [-0.3, -0.25) is 14.9 Å². The fraction of sp³-hybridized carbons (Fsp3) is 0.0667. The minimum absolute atomic E-state index is 0.192. The summed E-state index contributed by atoms with van der Waals surface area (Å²) in [5.41, 5.74) is -1.17. The van der Waals surface area contributed by atoms with Crippen LogP contribution in [0.4, 0.5) is 5.69 Å². The summed E-state index contributed by atoms with van der Waals surface area (Å²) in [4.78, 5) is 34.0. The van der Waals surface area contributed by atoms with E-state index >= 15 is 0 Å². The van der Waals surface area contributed by atoms with Gasteiger partial charge in [0.1, 0.15) is 11.3 Å². The van der Waals surface area contributed by atoms with Crippen molar-refractivity contribution < 1.29 is 24.7 Å². The van der Waals surface area contributed by atoms with E-state index < -0.39 is 33.5 Å². The molecule has 0 aliphatic rings. The molecule has 0 amide bonds. The first-order chi connectivity index (χ1) is 10.3. The largest absolute Gasteiger partial charge is 0.507 e. The zero-order chi connectivity index (χ0) is 16.4. The van der Waals surface area contributed by atoms with Crippen LogP contribution in [-0.2, 0) is 0 Å². The van der Waals surface area contributed by atoms with Crippen molar-refractivity contribution in [1.29, 1.82) is 0 Å². The summed E-state index contributed by atoms with van der Waals surface area (Å²) in [6, 6.07) is 7.51. The molecule has 0 aliphatic carbocycles. The molecule has 2 rings (SSSR count). The monoisotopic (exact) mass is 301 g/mol. The van der Waals surface area contributed by atoms with E-state index in [-0.39, 0.29) is 11.3 Å². The predicted molar refractivity (Wildman–Crippen MR) is 76.3 cm³/mol. The second-order valence-electron chi connectivity index (χ2n) is 4.61. The number of carboxylic acids is 1. The minimum atomic E-state index is -1.46. The van der Waals surface area contributed by atoms with E-state index in [0.29, 0.717) is 5.56 Å². The summed E-state index contributed by atoms with van der Waals surface area (Å²) in [6.45, 7) is 1.70. The molecular formula is C15H11NO6. The van der Waals surface area contributed by atoms with Gasteiger partial charge in [0.25, 0.3) is 5.69 Å². The van der Waals surface area contributed by atoms with Crippen molar-refractivity contribution in [2.75, 3.05) is 0 Å². The summed E-state index contributed by atoms with van der Waals surface area (Å²) in [6.07, 6.45) is 0. The van der Waals surface area contributed by atoms with Crippen molar-refractivity contribution >= 4 is 17.4 Å². The highest BCUT2D eigenvalue weighted by Gasteiger charge is 2.29. The Bertz CT molecular complexity index is 764. The summed E-state index contributed by atoms with van der Waals surface area (Å²) >= 11 is 0. The standard InChI is InChI=1S/C15H11NO6/c1-8-5-6-9(12(17)7-8)14(18)13-10(15(19)20)3-2-4-11(13)16(21)22/h2-7,17H,1H3,(H,19,20). The Morgan fingerprint density at radius 2 is 1.82 bits per heavy atom. The number of nitrogens with zero attached hydrogens (tertiary/aromatic N) is 1. The number of carboxylic acid groups (broad SMARTS) is 1. The lowest BCUT2D eigenvalue weighted by atomic mass is 9.95. The van der Waals surface area contributed by atoms with E-state index in [2.05, 4.69) is 0 Å². The van der Waals surface area contributed by atoms with Crippen LogP contribution in [0.3, 0.4) is 0 Å². The summed E-state index contributed by atoms with van der Waals surface area (Å²) in [7, 11) is 0. The first-order valence-electron chi connectivity index (χ1n) is 6.18. The molecule has 22 heavy (non-hydrogen) atoms. The number of carbonyl (C=O) groups is 2. The first-order valence-corrected chi connectivity index (χ1v) is 6.18. The normalized spacial score (nSPS) is 10.2. The van der Waals surface area contributed by atoms with Crippen LogP contribution in [0.25, 0.3) is 0 Å². The quantitative estimate of drug-likeness (QED) is 0.509. The van der Waals surface area contributed by atoms with Crippen LogP contribution in [0.1, 0.15) is 31.8 Å². The minimum Gasteiger partial charge on any atom is -0.507 e. The third-order valence-electron chi connectivity index (χ3n) is 3.09. The van der Waals surface area contributed by atoms with Gasteiger partial charge in [0.2, 0.25) is 5.78 Å². The van der Waals surface area contributed by atoms with Crippen LogP contribution in [0, 0.1) is 17.0 Å². The van der Waals surface area contributed by atoms with Crippen LogP contribution in [0.2, 0.25) is 0 Å². The molecule has 0 radical (unpaired) electrons. The summed E-state index contributed by atoms with van der Waals surface area (Å²) in [5.74, 6) is -2.74. The smallest absolute Gasteiger partial charge is 0.336 e. The maximum absolute atomic E-state index is 12.5. The van der Waals surface area contributed by atoms with E-state index in [1.165, 1.54) is 18.2 Å². The lowest BCUT2D eigenvalue weighted by molar-refractivity contribution is -0.385. The van der Waals surface area contributed by atoms with Gasteiger partial charge in [-0.15, -0.1) is 0 Å². The number of ketones is 1. The van der Waals surface area contributed by atoms with Crippen LogP contribution >= 0.6 is 0 Å². The second kappa shape index (κ2) is 5.65. The van der Waals surface area contributed by atoms with E-state index in [1.54, 1.807) is 13.0 Å². The Labute approximate surface area is 124 Å². The highest BCUT2D eigenvalue weighted by Crippen LogP contribution is 2.29. The van der Waals surface area contributed by atoms with E-state index in [4.69, 9.17) is 5.11 Å². The average Bonchev–Trinajstić information content (AvgIpc) is 2.45. The molecule has 2 N–H and O–H groups in total. The topological polar surface area (TPSA) is 118 Å². The molecule has 0 saturated carbocycles. The van der Waals surface area contributed by atoms with E-state index in [9.17, 15) is 24.8 Å². The van der Waals surface area contributed by atoms with Crippen molar-refractivity contribution in [1.82, 2.24) is 0 Å². The van der Waals surface area contributed by atoms with Gasteiger partial charge in [0, 0.05) is 6.07 Å². The molecule has 0 unspecified atom stereocenters. The van der Waals surface area contributed by atoms with Crippen molar-refractivity contribution in [2.24, 2.45) is 0 Å². The number of phenolic OH excluding ortho intramolecular Hbond substituents is 1. The zero-order valence-electron chi connectivity index (χ0n) is 11.4. The van der Waals surface area contributed by atoms with Crippen molar-refractivity contribution in [3.63, 3.8) is 0 Å². The van der Waals surface area contributed by atoms with E-state index in [0.717, 1.165) is 12.1 Å². The number of nitro benzene ring substituents is 1. The van der Waals surface area contributed by atoms with Crippen molar-refractivity contribution in [3.05, 3.63) is 68.8 Å². The molecular weight excluding hydrogens is 290 g/mol. The lowest BCUT2D eigenvalue weighted by Crippen LogP contribution is -2.13. The van der Waals surface area contributed by atoms with Gasteiger partial charge in [-0.1, -0.05) is 12.1 Å². The summed E-state index contributed by atoms with van der Waals surface area (Å²) in [5, 5.41) is 30.1. The second-order valence-corrected chi connectivity index (χ2v) is 4.61. The molecule has 0 aliphatic heterocycles. The van der Waals surface area contributed by atoms with Gasteiger partial charge in [-0.25, -0.2) is 4.79 Å². The van der Waals surface area contributed by atoms with Crippen LogP contribution < -0.4 is 0 Å². The van der Waals surface area contributed by atoms with Crippen molar-refractivity contribution in [2.45, 2.75) is 6.92 Å². The fourth-order valence-corrected chi connectivity index (χ4v) is 2.08. The predicted octanol–water partition coefficient (Wildman–Crippen LogP) is 2.54. The molecule has 0 saturated heterocycles. The number of carbonyl (C=O) groups excluding carboxylic acids is 1. The molecule has 2 aromatic rings. The summed E-state index contributed by atoms with van der Waals surface area (Å²) < 4.78 is 0. The number of benzene rings is 2. The van der Waals surface area contributed by atoms with Gasteiger partial charge in [0.05, 0.1) is 16.1 Å². The average molecular weight is 301 g/mol. The molecule has 7 heteroatoms. The van der Waals surface area contributed by atoms with E-state index in [1.807, 2.05) is 0 Å². The Morgan fingerprint density at radius 3 is 2.36 bits per heavy atom. The SMILES string of the molecule is Cc1ccc(C(=O)c2c(C(=O)O)cccc2[N+](=O)[O-])c(O)c1. The number of aromatic carboxylic acids is 1. The van der Waals surface area contributed by atoms with Crippen LogP contribution in [0.5, 0.6) is 5.75 Å². The Hall–Kier alpha value is -3.22. The Morgan fingerprint density at radius 1 is 1.14 bits per heavy atom. The molecule has 112 valence electrons. The molecule has 0 spiro atoms. The fourth-order valence-electron chi connectivity index (χ4n) is 2.08. The van der Waals surface area contributed by atoms with Gasteiger partial charge >= 0.3 is 5.97 Å². The van der Waals surface area contributed by atoms with Gasteiger partial charge in [-0.05, 0) is 30.7 Å². The molecule has 0 heterocycles. The molecule has 0 aromatic heterocycles. The molecule has 2 aromatic carbocycles. The number of nitro groups is 1. The molecule has 0 fully saturated rings. The number of hydrogen-bond acceptors (Lipinski definition) is 5. The third kappa shape index (κ3) is 2.64. The number of aromatic hydroxyl groups is 1. The number of hydrogen-bond donors (Lipinski definition) is 2. The lowest BCUT2D eigenvalue weighted by Gasteiger charge is -2.08. The number of rotatable bonds is 4. The zero-order valence-corrected chi connectivity index (χ0v) is 11.4. The number of aryl methyl sites for hydroxylation is 1. The Balaban J connectivity index is 2.72. The van der Waals surface area contributed by atoms with Crippen molar-refractivity contribution in [3.8, 4) is 5.75 Å². The number of phenols is 1. The Kier molecular flexibility index (Phi) is 3.89.